The fourth-order valence-electron chi connectivity index (χ4n) is 5.33. The van der Waals surface area contributed by atoms with E-state index in [4.69, 9.17) is 11.5 Å². The molecule has 4 atom stereocenters. The number of carbonyl (C=O) groups is 4. The van der Waals surface area contributed by atoms with Gasteiger partial charge in [0.15, 0.2) is 0 Å². The van der Waals surface area contributed by atoms with Gasteiger partial charge in [-0.05, 0) is 52.0 Å². The number of nitrogens with zero attached hydrogens (tertiary/aromatic N) is 1. The fraction of sp³-hybridized carbons (Fsp3) is 0.867. The molecule has 0 aromatic rings. The Hall–Kier alpha value is -2.20. The molecular weight excluding hydrogens is 510 g/mol. The molecule has 40 heavy (non-hydrogen) atoms. The number of aliphatic hydroxyl groups is 1. The molecule has 4 amide bonds. The number of carbonyl (C=O) groups excluding carboxylic acids is 4. The molecule has 1 rings (SSSR count). The van der Waals surface area contributed by atoms with Gasteiger partial charge in [0.1, 0.15) is 18.1 Å². The first-order valence-electron chi connectivity index (χ1n) is 15.8. The van der Waals surface area contributed by atoms with E-state index in [0.29, 0.717) is 45.2 Å². The Morgan fingerprint density at radius 3 is 1.98 bits per heavy atom. The average Bonchev–Trinajstić information content (AvgIpc) is 3.41. The molecule has 10 nitrogen and oxygen atoms in total. The molecule has 7 N–H and O–H groups in total. The van der Waals surface area contributed by atoms with Crippen LogP contribution in [0, 0.1) is 0 Å². The lowest BCUT2D eigenvalue weighted by Gasteiger charge is -2.30. The maximum Gasteiger partial charge on any atom is 0.245 e. The van der Waals surface area contributed by atoms with Crippen LogP contribution in [0.2, 0.25) is 0 Å². The Bertz CT molecular complexity index is 748. The van der Waals surface area contributed by atoms with Crippen molar-refractivity contribution < 1.29 is 24.3 Å². The van der Waals surface area contributed by atoms with Crippen LogP contribution in [-0.2, 0) is 19.2 Å². The van der Waals surface area contributed by atoms with E-state index in [1.165, 1.54) is 69.6 Å². The van der Waals surface area contributed by atoms with E-state index in [2.05, 4.69) is 17.6 Å². The van der Waals surface area contributed by atoms with Crippen LogP contribution in [0.3, 0.4) is 0 Å². The van der Waals surface area contributed by atoms with Crippen molar-refractivity contribution in [2.45, 2.75) is 154 Å². The average molecular weight is 568 g/mol. The zero-order valence-electron chi connectivity index (χ0n) is 25.1. The lowest BCUT2D eigenvalue weighted by atomic mass is 10.0. The van der Waals surface area contributed by atoms with Gasteiger partial charge in [0.05, 0.1) is 6.10 Å². The molecule has 0 spiro atoms. The number of rotatable bonds is 23. The third-order valence-electron chi connectivity index (χ3n) is 7.76. The summed E-state index contributed by atoms with van der Waals surface area (Å²) in [7, 11) is 0. The minimum Gasteiger partial charge on any atom is -0.391 e. The van der Waals surface area contributed by atoms with Gasteiger partial charge >= 0.3 is 0 Å². The number of amides is 4. The Morgan fingerprint density at radius 2 is 1.45 bits per heavy atom. The van der Waals surface area contributed by atoms with Crippen molar-refractivity contribution in [3.63, 3.8) is 0 Å². The lowest BCUT2D eigenvalue weighted by Crippen LogP contribution is -2.57. The molecular formula is C30H57N5O5. The topological polar surface area (TPSA) is 168 Å². The van der Waals surface area contributed by atoms with Crippen molar-refractivity contribution in [2.24, 2.45) is 11.5 Å². The lowest BCUT2D eigenvalue weighted by molar-refractivity contribution is -0.142. The van der Waals surface area contributed by atoms with Crippen LogP contribution in [-0.4, -0.2) is 71.0 Å². The van der Waals surface area contributed by atoms with Crippen LogP contribution < -0.4 is 22.1 Å². The highest BCUT2D eigenvalue weighted by Gasteiger charge is 2.39. The van der Waals surface area contributed by atoms with Gasteiger partial charge in [0.25, 0.3) is 0 Å². The fourth-order valence-corrected chi connectivity index (χ4v) is 5.33. The van der Waals surface area contributed by atoms with E-state index in [9.17, 15) is 24.3 Å². The first-order valence-corrected chi connectivity index (χ1v) is 15.8. The normalized spacial score (nSPS) is 17.3. The number of nitrogens with one attached hydrogen (secondary N) is 2. The van der Waals surface area contributed by atoms with Crippen molar-refractivity contribution in [3.8, 4) is 0 Å². The first-order chi connectivity index (χ1) is 19.2. The van der Waals surface area contributed by atoms with Gasteiger partial charge in [-0.1, -0.05) is 77.6 Å². The second-order valence-corrected chi connectivity index (χ2v) is 11.4. The molecule has 1 heterocycles. The summed E-state index contributed by atoms with van der Waals surface area (Å²) in [4.78, 5) is 52.2. The predicted molar refractivity (Wildman–Crippen MR) is 158 cm³/mol. The van der Waals surface area contributed by atoms with Crippen LogP contribution in [0.4, 0.5) is 0 Å². The Labute approximate surface area is 241 Å². The van der Waals surface area contributed by atoms with Crippen LogP contribution in [0.25, 0.3) is 0 Å². The van der Waals surface area contributed by atoms with E-state index in [1.807, 2.05) is 0 Å². The maximum absolute atomic E-state index is 13.5. The number of primary amides is 1. The quantitative estimate of drug-likeness (QED) is 0.119. The number of likely N-dealkylation sites (tertiary alicyclic amines) is 1. The highest BCUT2D eigenvalue weighted by atomic mass is 16.3. The molecule has 1 saturated heterocycles. The molecule has 0 aromatic heterocycles. The second kappa shape index (κ2) is 21.5. The third-order valence-corrected chi connectivity index (χ3v) is 7.76. The molecule has 232 valence electrons. The molecule has 0 unspecified atom stereocenters. The molecule has 0 saturated carbocycles. The summed E-state index contributed by atoms with van der Waals surface area (Å²) < 4.78 is 0. The molecule has 1 aliphatic heterocycles. The number of aliphatic hydroxyl groups excluding tert-OH is 1. The van der Waals surface area contributed by atoms with Crippen molar-refractivity contribution in [3.05, 3.63) is 0 Å². The summed E-state index contributed by atoms with van der Waals surface area (Å²) in [6.45, 7) is 4.49. The SMILES string of the molecule is CCCCCCCCCCCCCCC(=O)N[C@@H](CCCCN)C(=O)N1CCC[C@@H]1C(=O)N[C@H](C(N)=O)[C@@H](C)O. The smallest absolute Gasteiger partial charge is 0.245 e. The van der Waals surface area contributed by atoms with Gasteiger partial charge in [0.2, 0.25) is 23.6 Å². The Morgan fingerprint density at radius 1 is 0.875 bits per heavy atom. The molecule has 0 aliphatic carbocycles. The maximum atomic E-state index is 13.5. The van der Waals surface area contributed by atoms with Gasteiger partial charge < -0.3 is 32.1 Å². The predicted octanol–water partition coefficient (Wildman–Crippen LogP) is 3.03. The van der Waals surface area contributed by atoms with E-state index in [0.717, 1.165) is 25.7 Å². The largest absolute Gasteiger partial charge is 0.391 e. The molecule has 0 bridgehead atoms. The van der Waals surface area contributed by atoms with Gasteiger partial charge in [-0.25, -0.2) is 0 Å². The molecule has 1 aliphatic rings. The third kappa shape index (κ3) is 14.4. The van der Waals surface area contributed by atoms with E-state index in [1.54, 1.807) is 0 Å². The highest BCUT2D eigenvalue weighted by molar-refractivity contribution is 5.94. The first kappa shape index (κ1) is 35.8. The van der Waals surface area contributed by atoms with E-state index < -0.39 is 36.0 Å². The van der Waals surface area contributed by atoms with Crippen LogP contribution in [0.1, 0.15) is 129 Å². The van der Waals surface area contributed by atoms with Crippen molar-refractivity contribution in [1.29, 1.82) is 0 Å². The molecule has 0 radical (unpaired) electrons. The summed E-state index contributed by atoms with van der Waals surface area (Å²) in [6.07, 6.45) is 16.8. The standard InChI is InChI=1S/C30H57N5O5/c1-3-4-5-6-7-8-9-10-11-12-13-14-20-26(37)33-24(18-15-16-21-31)30(40)35-22-17-19-25(35)29(39)34-27(23(2)36)28(32)38/h23-25,27,36H,3-22,31H2,1-2H3,(H2,32,38)(H,33,37)(H,34,39)/t23-,24+,25-,27+/m1/s1. The molecule has 1 fully saturated rings. The Balaban J connectivity index is 2.51. The van der Waals surface area contributed by atoms with E-state index >= 15 is 0 Å². The van der Waals surface area contributed by atoms with Crippen molar-refractivity contribution in [2.75, 3.05) is 13.1 Å². The van der Waals surface area contributed by atoms with Crippen LogP contribution in [0.5, 0.6) is 0 Å². The minimum atomic E-state index is -1.24. The van der Waals surface area contributed by atoms with Gasteiger partial charge in [-0.15, -0.1) is 0 Å². The van der Waals surface area contributed by atoms with Gasteiger partial charge in [-0.3, -0.25) is 19.2 Å². The number of nitrogens with two attached hydrogens (primary N) is 2. The minimum absolute atomic E-state index is 0.152. The number of hydrogen-bond acceptors (Lipinski definition) is 6. The highest BCUT2D eigenvalue weighted by Crippen LogP contribution is 2.21. The summed E-state index contributed by atoms with van der Waals surface area (Å²) in [5, 5.41) is 15.2. The van der Waals surface area contributed by atoms with Crippen molar-refractivity contribution in [1.82, 2.24) is 15.5 Å². The molecule has 0 aromatic carbocycles. The summed E-state index contributed by atoms with van der Waals surface area (Å²) in [5.41, 5.74) is 10.9. The second-order valence-electron chi connectivity index (χ2n) is 11.4. The summed E-state index contributed by atoms with van der Waals surface area (Å²) in [5.74, 6) is -1.82. The van der Waals surface area contributed by atoms with E-state index in [-0.39, 0.29) is 11.8 Å². The number of hydrogen-bond donors (Lipinski definition) is 5. The zero-order valence-corrected chi connectivity index (χ0v) is 25.1. The zero-order chi connectivity index (χ0) is 29.8. The van der Waals surface area contributed by atoms with Gasteiger partial charge in [0, 0.05) is 13.0 Å². The number of unbranched alkanes of at least 4 members (excludes halogenated alkanes) is 12. The molecule has 10 heteroatoms. The van der Waals surface area contributed by atoms with Crippen LogP contribution >= 0.6 is 0 Å². The van der Waals surface area contributed by atoms with Gasteiger partial charge in [-0.2, -0.15) is 0 Å². The van der Waals surface area contributed by atoms with Crippen LogP contribution in [0.15, 0.2) is 0 Å². The summed E-state index contributed by atoms with van der Waals surface area (Å²) in [6, 6.07) is -2.74. The monoisotopic (exact) mass is 567 g/mol. The Kier molecular flexibility index (Phi) is 19.3. The van der Waals surface area contributed by atoms with Crippen molar-refractivity contribution >= 4 is 23.6 Å². The summed E-state index contributed by atoms with van der Waals surface area (Å²) >= 11 is 0.